The standard InChI is InChI=1S/C18H23N3O2S2/c1-11-10-24-18(19-11)25-15-6-4-13(5-7-15)20-17(23)16-9-14(22)8-12(2)21(16)3/h8-10,13,15H,4-7H2,1-3H3,(H,20,23). The fraction of sp³-hybridized carbons (Fsp3) is 0.500. The second-order valence-corrected chi connectivity index (χ2v) is 9.00. The third-order valence-corrected chi connectivity index (χ3v) is 7.05. The van der Waals surface area contributed by atoms with E-state index in [1.54, 1.807) is 22.0 Å². The van der Waals surface area contributed by atoms with E-state index in [2.05, 4.69) is 15.7 Å². The Hall–Kier alpha value is -1.60. The summed E-state index contributed by atoms with van der Waals surface area (Å²) < 4.78 is 2.91. The maximum Gasteiger partial charge on any atom is 0.268 e. The first-order valence-electron chi connectivity index (χ1n) is 8.49. The number of thioether (sulfide) groups is 1. The summed E-state index contributed by atoms with van der Waals surface area (Å²) in [5, 5.41) is 5.75. The van der Waals surface area contributed by atoms with Crippen LogP contribution in [-0.4, -0.2) is 26.8 Å². The molecule has 1 aliphatic carbocycles. The minimum Gasteiger partial charge on any atom is -0.348 e. The number of nitrogens with zero attached hydrogens (tertiary/aromatic N) is 2. The summed E-state index contributed by atoms with van der Waals surface area (Å²) in [5.74, 6) is -0.157. The molecule has 134 valence electrons. The summed E-state index contributed by atoms with van der Waals surface area (Å²) in [5.41, 5.74) is 2.17. The molecule has 25 heavy (non-hydrogen) atoms. The normalized spacial score (nSPS) is 20.4. The highest BCUT2D eigenvalue weighted by Crippen LogP contribution is 2.35. The van der Waals surface area contributed by atoms with Crippen LogP contribution in [0.5, 0.6) is 0 Å². The van der Waals surface area contributed by atoms with Crippen LogP contribution in [0.4, 0.5) is 0 Å². The van der Waals surface area contributed by atoms with Gasteiger partial charge in [0.25, 0.3) is 5.91 Å². The van der Waals surface area contributed by atoms with Crippen LogP contribution in [0, 0.1) is 13.8 Å². The lowest BCUT2D eigenvalue weighted by Crippen LogP contribution is -2.39. The van der Waals surface area contributed by atoms with Crippen LogP contribution in [0.1, 0.15) is 47.6 Å². The Morgan fingerprint density at radius 1 is 1.28 bits per heavy atom. The molecule has 0 aromatic carbocycles. The zero-order chi connectivity index (χ0) is 18.0. The Morgan fingerprint density at radius 2 is 2.00 bits per heavy atom. The molecule has 1 fully saturated rings. The van der Waals surface area contributed by atoms with Crippen molar-refractivity contribution in [2.45, 2.75) is 55.2 Å². The van der Waals surface area contributed by atoms with Gasteiger partial charge in [-0.1, -0.05) is 11.8 Å². The number of aromatic nitrogens is 2. The predicted molar refractivity (Wildman–Crippen MR) is 103 cm³/mol. The molecule has 2 heterocycles. The molecule has 5 nitrogen and oxygen atoms in total. The molecule has 0 atom stereocenters. The van der Waals surface area contributed by atoms with E-state index in [0.717, 1.165) is 41.4 Å². The zero-order valence-electron chi connectivity index (χ0n) is 14.7. The fourth-order valence-corrected chi connectivity index (χ4v) is 5.38. The number of aryl methyl sites for hydroxylation is 2. The van der Waals surface area contributed by atoms with E-state index < -0.39 is 0 Å². The second kappa shape index (κ2) is 7.74. The topological polar surface area (TPSA) is 64.0 Å². The second-order valence-electron chi connectivity index (χ2n) is 6.60. The summed E-state index contributed by atoms with van der Waals surface area (Å²) in [4.78, 5) is 28.7. The summed E-state index contributed by atoms with van der Waals surface area (Å²) in [7, 11) is 1.81. The average molecular weight is 378 g/mol. The van der Waals surface area contributed by atoms with E-state index in [4.69, 9.17) is 0 Å². The van der Waals surface area contributed by atoms with Crippen LogP contribution < -0.4 is 10.7 Å². The van der Waals surface area contributed by atoms with E-state index in [9.17, 15) is 9.59 Å². The van der Waals surface area contributed by atoms with Gasteiger partial charge in [-0.15, -0.1) is 11.3 Å². The number of thiazole rings is 1. The van der Waals surface area contributed by atoms with Gasteiger partial charge in [0.2, 0.25) is 0 Å². The number of nitrogens with one attached hydrogen (secondary N) is 1. The van der Waals surface area contributed by atoms with Gasteiger partial charge in [-0.05, 0) is 39.5 Å². The monoisotopic (exact) mass is 377 g/mol. The summed E-state index contributed by atoms with van der Waals surface area (Å²) in [6, 6.07) is 3.13. The van der Waals surface area contributed by atoms with Crippen LogP contribution in [-0.2, 0) is 7.05 Å². The molecule has 1 aliphatic rings. The molecule has 0 aliphatic heterocycles. The minimum absolute atomic E-state index is 0.125. The lowest BCUT2D eigenvalue weighted by atomic mass is 9.95. The van der Waals surface area contributed by atoms with E-state index >= 15 is 0 Å². The first-order valence-corrected chi connectivity index (χ1v) is 10.3. The molecular formula is C18H23N3O2S2. The van der Waals surface area contributed by atoms with Gasteiger partial charge < -0.3 is 9.88 Å². The molecule has 0 bridgehead atoms. The van der Waals surface area contributed by atoms with Crippen molar-refractivity contribution in [2.24, 2.45) is 7.05 Å². The first-order chi connectivity index (χ1) is 11.9. The fourth-order valence-electron chi connectivity index (χ4n) is 3.10. The van der Waals surface area contributed by atoms with Crippen LogP contribution in [0.25, 0.3) is 0 Å². The number of carbonyl (C=O) groups excluding carboxylic acids is 1. The molecule has 2 aromatic rings. The van der Waals surface area contributed by atoms with Crippen LogP contribution in [0.15, 0.2) is 26.6 Å². The van der Waals surface area contributed by atoms with Gasteiger partial charge in [0.05, 0.1) is 0 Å². The Morgan fingerprint density at radius 3 is 2.64 bits per heavy atom. The average Bonchev–Trinajstić information content (AvgIpc) is 2.97. The zero-order valence-corrected chi connectivity index (χ0v) is 16.4. The maximum absolute atomic E-state index is 12.5. The van der Waals surface area contributed by atoms with Crippen molar-refractivity contribution in [1.82, 2.24) is 14.9 Å². The van der Waals surface area contributed by atoms with Gasteiger partial charge in [-0.25, -0.2) is 4.98 Å². The molecule has 2 aromatic heterocycles. The van der Waals surface area contributed by atoms with Gasteiger partial charge in [0.15, 0.2) is 5.43 Å². The van der Waals surface area contributed by atoms with Gasteiger partial charge >= 0.3 is 0 Å². The number of pyridine rings is 1. The number of hydrogen-bond donors (Lipinski definition) is 1. The summed E-state index contributed by atoms with van der Waals surface area (Å²) in [6.45, 7) is 3.85. The SMILES string of the molecule is Cc1csc(SC2CCC(NC(=O)c3cc(=O)cc(C)n3C)CC2)n1. The molecule has 1 amide bonds. The van der Waals surface area contributed by atoms with Gasteiger partial charge in [-0.3, -0.25) is 9.59 Å². The number of hydrogen-bond acceptors (Lipinski definition) is 5. The lowest BCUT2D eigenvalue weighted by molar-refractivity contribution is 0.0918. The lowest BCUT2D eigenvalue weighted by Gasteiger charge is -2.28. The molecule has 1 N–H and O–H groups in total. The van der Waals surface area contributed by atoms with Crippen molar-refractivity contribution in [3.8, 4) is 0 Å². The van der Waals surface area contributed by atoms with Crippen molar-refractivity contribution in [2.75, 3.05) is 0 Å². The van der Waals surface area contributed by atoms with Crippen LogP contribution in [0.2, 0.25) is 0 Å². The van der Waals surface area contributed by atoms with Gasteiger partial charge in [-0.2, -0.15) is 0 Å². The Balaban J connectivity index is 1.55. The minimum atomic E-state index is -0.157. The Labute approximate surface area is 155 Å². The van der Waals surface area contributed by atoms with Crippen molar-refractivity contribution >= 4 is 29.0 Å². The first kappa shape index (κ1) is 18.2. The van der Waals surface area contributed by atoms with Crippen molar-refractivity contribution in [3.63, 3.8) is 0 Å². The Kier molecular flexibility index (Phi) is 5.64. The van der Waals surface area contributed by atoms with Gasteiger partial charge in [0, 0.05) is 47.2 Å². The molecular weight excluding hydrogens is 354 g/mol. The summed E-state index contributed by atoms with van der Waals surface area (Å²) in [6.07, 6.45) is 4.07. The maximum atomic E-state index is 12.5. The van der Waals surface area contributed by atoms with Crippen molar-refractivity contribution in [1.29, 1.82) is 0 Å². The number of carbonyl (C=O) groups is 1. The summed E-state index contributed by atoms with van der Waals surface area (Å²) >= 11 is 3.56. The number of amides is 1. The highest BCUT2D eigenvalue weighted by atomic mass is 32.2. The molecule has 0 radical (unpaired) electrons. The van der Waals surface area contributed by atoms with Crippen LogP contribution in [0.3, 0.4) is 0 Å². The quantitative estimate of drug-likeness (QED) is 0.888. The van der Waals surface area contributed by atoms with Crippen molar-refractivity contribution < 1.29 is 4.79 Å². The molecule has 0 unspecified atom stereocenters. The predicted octanol–water partition coefficient (Wildman–Crippen LogP) is 3.29. The highest BCUT2D eigenvalue weighted by molar-refractivity contribution is 8.01. The third-order valence-electron chi connectivity index (χ3n) is 4.63. The molecule has 0 spiro atoms. The van der Waals surface area contributed by atoms with E-state index in [1.165, 1.54) is 6.07 Å². The van der Waals surface area contributed by atoms with E-state index in [0.29, 0.717) is 10.9 Å². The van der Waals surface area contributed by atoms with Crippen LogP contribution >= 0.6 is 23.1 Å². The molecule has 7 heteroatoms. The number of rotatable bonds is 4. The molecule has 1 saturated carbocycles. The molecule has 3 rings (SSSR count). The van der Waals surface area contributed by atoms with Gasteiger partial charge in [0.1, 0.15) is 10.0 Å². The van der Waals surface area contributed by atoms with E-state index in [1.807, 2.05) is 32.7 Å². The largest absolute Gasteiger partial charge is 0.348 e. The molecule has 0 saturated heterocycles. The third kappa shape index (κ3) is 4.52. The van der Waals surface area contributed by atoms with E-state index in [-0.39, 0.29) is 17.4 Å². The smallest absolute Gasteiger partial charge is 0.268 e. The Bertz CT molecular complexity index is 820. The highest BCUT2D eigenvalue weighted by Gasteiger charge is 2.24. The van der Waals surface area contributed by atoms with Crippen molar-refractivity contribution in [3.05, 3.63) is 44.8 Å².